The van der Waals surface area contributed by atoms with Crippen molar-refractivity contribution in [2.24, 2.45) is 11.8 Å². The number of ether oxygens (including phenoxy) is 2. The zero-order valence-electron chi connectivity index (χ0n) is 16.2. The van der Waals surface area contributed by atoms with Gasteiger partial charge in [0.2, 0.25) is 11.8 Å². The minimum Gasteiger partial charge on any atom is -0.497 e. The van der Waals surface area contributed by atoms with Crippen molar-refractivity contribution in [3.63, 3.8) is 0 Å². The Bertz CT molecular complexity index is 711. The van der Waals surface area contributed by atoms with Crippen LogP contribution in [0.3, 0.4) is 0 Å². The zero-order chi connectivity index (χ0) is 19.0. The van der Waals surface area contributed by atoms with E-state index in [-0.39, 0.29) is 29.7 Å². The average Bonchev–Trinajstić information content (AvgIpc) is 3.26. The van der Waals surface area contributed by atoms with Crippen molar-refractivity contribution in [2.75, 3.05) is 27.4 Å². The first-order valence-corrected chi connectivity index (χ1v) is 10.1. The first kappa shape index (κ1) is 18.3. The third-order valence-corrected chi connectivity index (χ3v) is 6.59. The standard InChI is InChI=1S/C21H28N2O4/c1-26-14-9-10-17(19(12-14)27-2)18-8-5-11-22(18)13-23-20(24)15-6-3-4-7-16(15)21(23)25/h9-10,12,15-16,18H,3-8,11,13H2,1-2H3/p+1/t15-,16+,18-/m1/s1. The predicted octanol–water partition coefficient (Wildman–Crippen LogP) is 1.56. The summed E-state index contributed by atoms with van der Waals surface area (Å²) in [4.78, 5) is 28.5. The number of imide groups is 1. The summed E-state index contributed by atoms with van der Waals surface area (Å²) < 4.78 is 10.9. The molecule has 2 saturated heterocycles. The highest BCUT2D eigenvalue weighted by Gasteiger charge is 2.50. The van der Waals surface area contributed by atoms with Gasteiger partial charge in [-0.1, -0.05) is 12.8 Å². The molecule has 1 N–H and O–H groups in total. The molecule has 0 radical (unpaired) electrons. The third kappa shape index (κ3) is 3.20. The van der Waals surface area contributed by atoms with Crippen LogP contribution in [0.5, 0.6) is 11.5 Å². The molecular formula is C21H29N2O4+. The molecule has 0 bridgehead atoms. The number of carbonyl (C=O) groups excluding carboxylic acids is 2. The summed E-state index contributed by atoms with van der Waals surface area (Å²) in [6, 6.07) is 6.15. The van der Waals surface area contributed by atoms with Gasteiger partial charge in [0.15, 0.2) is 6.67 Å². The third-order valence-electron chi connectivity index (χ3n) is 6.59. The SMILES string of the molecule is COc1ccc([C@H]2CCC[NH+]2CN2C(=O)[C@H]3CCCC[C@H]3C2=O)c(OC)c1. The largest absolute Gasteiger partial charge is 0.497 e. The first-order chi connectivity index (χ1) is 13.1. The molecule has 0 aromatic heterocycles. The number of likely N-dealkylation sites (tertiary alicyclic amines) is 2. The molecule has 3 aliphatic rings. The van der Waals surface area contributed by atoms with Crippen LogP contribution in [0.25, 0.3) is 0 Å². The van der Waals surface area contributed by atoms with Gasteiger partial charge in [0.05, 0.1) is 38.2 Å². The van der Waals surface area contributed by atoms with Crippen molar-refractivity contribution in [1.29, 1.82) is 0 Å². The van der Waals surface area contributed by atoms with Crippen LogP contribution in [0, 0.1) is 11.8 Å². The number of carbonyl (C=O) groups is 2. The molecule has 2 heterocycles. The van der Waals surface area contributed by atoms with Crippen molar-refractivity contribution in [2.45, 2.75) is 44.6 Å². The number of methoxy groups -OCH3 is 2. The fourth-order valence-corrected chi connectivity index (χ4v) is 5.17. The van der Waals surface area contributed by atoms with E-state index < -0.39 is 0 Å². The summed E-state index contributed by atoms with van der Waals surface area (Å²) in [7, 11) is 3.32. The number of nitrogens with zero attached hydrogens (tertiary/aromatic N) is 1. The number of hydrogen-bond donors (Lipinski definition) is 1. The number of hydrogen-bond acceptors (Lipinski definition) is 4. The highest BCUT2D eigenvalue weighted by atomic mass is 16.5. The van der Waals surface area contributed by atoms with Crippen molar-refractivity contribution >= 4 is 11.8 Å². The van der Waals surface area contributed by atoms with Gasteiger partial charge >= 0.3 is 0 Å². The fraction of sp³-hybridized carbons (Fsp3) is 0.619. The Balaban J connectivity index is 1.54. The molecule has 1 unspecified atom stereocenters. The normalized spacial score (nSPS) is 30.5. The Labute approximate surface area is 160 Å². The first-order valence-electron chi connectivity index (χ1n) is 10.1. The number of rotatable bonds is 5. The van der Waals surface area contributed by atoms with E-state index in [1.54, 1.807) is 19.1 Å². The lowest BCUT2D eigenvalue weighted by Gasteiger charge is -2.27. The number of fused-ring (bicyclic) bond motifs is 1. The molecule has 27 heavy (non-hydrogen) atoms. The minimum absolute atomic E-state index is 0.0598. The summed E-state index contributed by atoms with van der Waals surface area (Å²) in [5.41, 5.74) is 1.13. The topological polar surface area (TPSA) is 60.3 Å². The maximum Gasteiger partial charge on any atom is 0.237 e. The Kier molecular flexibility index (Phi) is 5.08. The highest BCUT2D eigenvalue weighted by molar-refractivity contribution is 6.05. The number of quaternary nitrogens is 1. The van der Waals surface area contributed by atoms with Gasteiger partial charge in [-0.05, 0) is 25.0 Å². The molecule has 4 rings (SSSR count). The zero-order valence-corrected chi connectivity index (χ0v) is 16.2. The lowest BCUT2D eigenvalue weighted by molar-refractivity contribution is -0.925. The van der Waals surface area contributed by atoms with Crippen LogP contribution in [0.15, 0.2) is 18.2 Å². The van der Waals surface area contributed by atoms with Gasteiger partial charge in [0.25, 0.3) is 0 Å². The van der Waals surface area contributed by atoms with Crippen LogP contribution in [-0.4, -0.2) is 44.1 Å². The molecule has 1 aromatic carbocycles. The van der Waals surface area contributed by atoms with Crippen LogP contribution in [0.1, 0.15) is 50.1 Å². The molecule has 3 fully saturated rings. The molecular weight excluding hydrogens is 344 g/mol. The van der Waals surface area contributed by atoms with Gasteiger partial charge in [-0.25, -0.2) is 4.90 Å². The summed E-state index contributed by atoms with van der Waals surface area (Å²) in [5, 5.41) is 0. The lowest BCUT2D eigenvalue weighted by atomic mass is 9.81. The van der Waals surface area contributed by atoms with Gasteiger partial charge in [-0.2, -0.15) is 0 Å². The van der Waals surface area contributed by atoms with E-state index >= 15 is 0 Å². The van der Waals surface area contributed by atoms with Gasteiger partial charge in [0.1, 0.15) is 17.5 Å². The van der Waals surface area contributed by atoms with Crippen LogP contribution in [-0.2, 0) is 9.59 Å². The molecule has 4 atom stereocenters. The molecule has 2 aliphatic heterocycles. The van der Waals surface area contributed by atoms with E-state index in [9.17, 15) is 9.59 Å². The van der Waals surface area contributed by atoms with Crippen molar-refractivity contribution in [3.05, 3.63) is 23.8 Å². The molecule has 1 aliphatic carbocycles. The fourth-order valence-electron chi connectivity index (χ4n) is 5.17. The summed E-state index contributed by atoms with van der Waals surface area (Å²) in [5.74, 6) is 1.56. The van der Waals surface area contributed by atoms with Gasteiger partial charge in [0, 0.05) is 18.9 Å². The smallest absolute Gasteiger partial charge is 0.237 e. The molecule has 1 saturated carbocycles. The molecule has 146 valence electrons. The second-order valence-corrected chi connectivity index (χ2v) is 7.97. The molecule has 1 aromatic rings. The quantitative estimate of drug-likeness (QED) is 0.796. The van der Waals surface area contributed by atoms with Crippen LogP contribution >= 0.6 is 0 Å². The van der Waals surface area contributed by atoms with E-state index in [0.29, 0.717) is 6.67 Å². The second kappa shape index (κ2) is 7.50. The Morgan fingerprint density at radius 2 is 1.70 bits per heavy atom. The van der Waals surface area contributed by atoms with Crippen molar-refractivity contribution in [3.8, 4) is 11.5 Å². The van der Waals surface area contributed by atoms with Crippen molar-refractivity contribution < 1.29 is 24.0 Å². The molecule has 6 heteroatoms. The van der Waals surface area contributed by atoms with E-state index in [0.717, 1.165) is 62.1 Å². The number of nitrogens with one attached hydrogen (secondary N) is 1. The van der Waals surface area contributed by atoms with E-state index in [1.807, 2.05) is 12.1 Å². The monoisotopic (exact) mass is 373 g/mol. The Morgan fingerprint density at radius 3 is 2.33 bits per heavy atom. The minimum atomic E-state index is -0.0674. The lowest BCUT2D eigenvalue weighted by Crippen LogP contribution is -3.12. The summed E-state index contributed by atoms with van der Waals surface area (Å²) >= 11 is 0. The van der Waals surface area contributed by atoms with Gasteiger partial charge in [-0.15, -0.1) is 0 Å². The molecule has 0 spiro atoms. The van der Waals surface area contributed by atoms with E-state index in [1.165, 1.54) is 4.90 Å². The number of benzene rings is 1. The Hall–Kier alpha value is -2.08. The summed E-state index contributed by atoms with van der Waals surface area (Å²) in [6.07, 6.45) is 5.99. The van der Waals surface area contributed by atoms with Crippen LogP contribution in [0.2, 0.25) is 0 Å². The number of amides is 2. The predicted molar refractivity (Wildman–Crippen MR) is 99.5 cm³/mol. The average molecular weight is 373 g/mol. The van der Waals surface area contributed by atoms with Gasteiger partial charge < -0.3 is 14.4 Å². The molecule has 6 nitrogen and oxygen atoms in total. The maximum absolute atomic E-state index is 12.8. The Morgan fingerprint density at radius 1 is 1.00 bits per heavy atom. The van der Waals surface area contributed by atoms with Crippen LogP contribution in [0.4, 0.5) is 0 Å². The second-order valence-electron chi connectivity index (χ2n) is 7.97. The van der Waals surface area contributed by atoms with Crippen molar-refractivity contribution in [1.82, 2.24) is 4.90 Å². The maximum atomic E-state index is 12.8. The van der Waals surface area contributed by atoms with Crippen LogP contribution < -0.4 is 14.4 Å². The van der Waals surface area contributed by atoms with E-state index in [2.05, 4.69) is 6.07 Å². The van der Waals surface area contributed by atoms with E-state index in [4.69, 9.17) is 9.47 Å². The molecule has 2 amide bonds. The highest BCUT2D eigenvalue weighted by Crippen LogP contribution is 2.38. The summed E-state index contributed by atoms with van der Waals surface area (Å²) in [6.45, 7) is 1.44. The van der Waals surface area contributed by atoms with Gasteiger partial charge in [-0.3, -0.25) is 9.59 Å².